The second-order valence-electron chi connectivity index (χ2n) is 9.10. The average molecular weight is 413 g/mol. The summed E-state index contributed by atoms with van der Waals surface area (Å²) in [5.41, 5.74) is 4.22. The molecule has 0 heterocycles. The third-order valence-electron chi connectivity index (χ3n) is 6.83. The number of fused-ring (bicyclic) bond motifs is 1. The normalized spacial score (nSPS) is 18.5. The summed E-state index contributed by atoms with van der Waals surface area (Å²) in [5, 5.41) is 1.60. The molecule has 3 aromatic rings. The van der Waals surface area contributed by atoms with E-state index in [0.717, 1.165) is 40.8 Å². The first kappa shape index (κ1) is 21.6. The lowest BCUT2D eigenvalue weighted by Gasteiger charge is -2.28. The predicted molar refractivity (Wildman–Crippen MR) is 130 cm³/mol. The van der Waals surface area contributed by atoms with Crippen LogP contribution in [-0.4, -0.2) is 0 Å². The van der Waals surface area contributed by atoms with Gasteiger partial charge in [0, 0.05) is 16.5 Å². The van der Waals surface area contributed by atoms with E-state index in [0.29, 0.717) is 11.3 Å². The van der Waals surface area contributed by atoms with Crippen molar-refractivity contribution in [2.24, 2.45) is 5.92 Å². The van der Waals surface area contributed by atoms with Crippen molar-refractivity contribution >= 4 is 10.8 Å². The van der Waals surface area contributed by atoms with Crippen molar-refractivity contribution in [1.29, 1.82) is 0 Å². The van der Waals surface area contributed by atoms with Crippen molar-refractivity contribution in [3.05, 3.63) is 82.7 Å². The Kier molecular flexibility index (Phi) is 7.08. The third-order valence-corrected chi connectivity index (χ3v) is 6.83. The van der Waals surface area contributed by atoms with Gasteiger partial charge in [-0.1, -0.05) is 75.3 Å². The van der Waals surface area contributed by atoms with Crippen LogP contribution >= 0.6 is 0 Å². The van der Waals surface area contributed by atoms with E-state index in [1.165, 1.54) is 44.1 Å². The van der Waals surface area contributed by atoms with Gasteiger partial charge in [-0.05, 0) is 84.7 Å². The molecule has 0 bridgehead atoms. The summed E-state index contributed by atoms with van der Waals surface area (Å²) < 4.78 is 14.7. The number of hydrogen-bond donors (Lipinski definition) is 0. The Morgan fingerprint density at radius 2 is 1.52 bits per heavy atom. The van der Waals surface area contributed by atoms with Gasteiger partial charge in [0.15, 0.2) is 0 Å². The molecule has 0 unspecified atom stereocenters. The van der Waals surface area contributed by atoms with Crippen LogP contribution in [0.15, 0.2) is 54.6 Å². The standard InChI is InChI=1S/C30H33F/c1-3-5-22-9-14-25(15-10-22)26-16-11-23(12-17-26)7-8-24-13-20-29-28(21-24)19-18-27(6-4-2)30(29)31/h11-13,16-22,25H,3-6,9-10,14-15H2,1-2H3. The van der Waals surface area contributed by atoms with Crippen LogP contribution in [0.5, 0.6) is 0 Å². The second-order valence-corrected chi connectivity index (χ2v) is 9.10. The van der Waals surface area contributed by atoms with E-state index in [2.05, 4.69) is 50.0 Å². The Labute approximate surface area is 186 Å². The van der Waals surface area contributed by atoms with Crippen LogP contribution in [0.25, 0.3) is 10.8 Å². The maximum absolute atomic E-state index is 14.7. The molecule has 0 aromatic heterocycles. The van der Waals surface area contributed by atoms with Crippen LogP contribution in [0.4, 0.5) is 4.39 Å². The molecule has 1 heteroatoms. The summed E-state index contributed by atoms with van der Waals surface area (Å²) in [6.45, 7) is 4.37. The van der Waals surface area contributed by atoms with E-state index in [4.69, 9.17) is 0 Å². The van der Waals surface area contributed by atoms with Gasteiger partial charge >= 0.3 is 0 Å². The van der Waals surface area contributed by atoms with Crippen LogP contribution < -0.4 is 0 Å². The maximum Gasteiger partial charge on any atom is 0.134 e. The lowest BCUT2D eigenvalue weighted by molar-refractivity contribution is 0.308. The summed E-state index contributed by atoms with van der Waals surface area (Å²) in [4.78, 5) is 0. The lowest BCUT2D eigenvalue weighted by Crippen LogP contribution is -2.13. The third kappa shape index (κ3) is 5.19. The molecule has 160 valence electrons. The highest BCUT2D eigenvalue weighted by Crippen LogP contribution is 2.37. The summed E-state index contributed by atoms with van der Waals surface area (Å²) in [6.07, 6.45) is 9.83. The molecule has 0 aliphatic heterocycles. The Bertz CT molecular complexity index is 1070. The van der Waals surface area contributed by atoms with Gasteiger partial charge in [-0.25, -0.2) is 4.39 Å². The van der Waals surface area contributed by atoms with Gasteiger partial charge in [0.05, 0.1) is 0 Å². The molecule has 3 aromatic carbocycles. The van der Waals surface area contributed by atoms with E-state index >= 15 is 0 Å². The molecule has 0 spiro atoms. The first-order valence-corrected chi connectivity index (χ1v) is 12.0. The zero-order valence-corrected chi connectivity index (χ0v) is 18.9. The van der Waals surface area contributed by atoms with E-state index in [1.807, 2.05) is 30.3 Å². The highest BCUT2D eigenvalue weighted by Gasteiger charge is 2.21. The van der Waals surface area contributed by atoms with Crippen molar-refractivity contribution in [2.45, 2.75) is 71.1 Å². The van der Waals surface area contributed by atoms with Crippen molar-refractivity contribution in [3.8, 4) is 11.8 Å². The quantitative estimate of drug-likeness (QED) is 0.369. The molecule has 0 atom stereocenters. The molecule has 0 radical (unpaired) electrons. The van der Waals surface area contributed by atoms with Gasteiger partial charge < -0.3 is 0 Å². The van der Waals surface area contributed by atoms with Gasteiger partial charge in [0.1, 0.15) is 5.82 Å². The van der Waals surface area contributed by atoms with Crippen LogP contribution in [0.1, 0.15) is 87.0 Å². The molecule has 4 rings (SSSR count). The molecule has 1 saturated carbocycles. The van der Waals surface area contributed by atoms with Gasteiger partial charge in [-0.2, -0.15) is 0 Å². The Hall–Kier alpha value is -2.59. The topological polar surface area (TPSA) is 0 Å². The monoisotopic (exact) mass is 412 g/mol. The molecule has 1 fully saturated rings. The van der Waals surface area contributed by atoms with Crippen molar-refractivity contribution < 1.29 is 4.39 Å². The minimum absolute atomic E-state index is 0.0850. The molecule has 1 aliphatic carbocycles. The van der Waals surface area contributed by atoms with E-state index in [-0.39, 0.29) is 5.82 Å². The van der Waals surface area contributed by atoms with Crippen LogP contribution in [0.2, 0.25) is 0 Å². The minimum Gasteiger partial charge on any atom is -0.206 e. The zero-order chi connectivity index (χ0) is 21.6. The fourth-order valence-electron chi connectivity index (χ4n) is 5.05. The minimum atomic E-state index is -0.0850. The number of aryl methyl sites for hydroxylation is 1. The van der Waals surface area contributed by atoms with Crippen molar-refractivity contribution in [1.82, 2.24) is 0 Å². The molecule has 31 heavy (non-hydrogen) atoms. The largest absolute Gasteiger partial charge is 0.206 e. The highest BCUT2D eigenvalue weighted by atomic mass is 19.1. The van der Waals surface area contributed by atoms with E-state index in [1.54, 1.807) is 0 Å². The summed E-state index contributed by atoms with van der Waals surface area (Å²) in [7, 11) is 0. The first-order valence-electron chi connectivity index (χ1n) is 12.0. The Morgan fingerprint density at radius 1 is 0.806 bits per heavy atom. The number of hydrogen-bond acceptors (Lipinski definition) is 0. The first-order chi connectivity index (χ1) is 15.2. The predicted octanol–water partition coefficient (Wildman–Crippen LogP) is 8.41. The van der Waals surface area contributed by atoms with Crippen LogP contribution in [-0.2, 0) is 6.42 Å². The zero-order valence-electron chi connectivity index (χ0n) is 18.9. The summed E-state index contributed by atoms with van der Waals surface area (Å²) in [5.74, 6) is 8.11. The summed E-state index contributed by atoms with van der Waals surface area (Å²) in [6, 6.07) is 18.5. The van der Waals surface area contributed by atoms with Gasteiger partial charge in [-0.15, -0.1) is 0 Å². The molecule has 0 amide bonds. The number of halogens is 1. The lowest BCUT2D eigenvalue weighted by atomic mass is 9.77. The molecule has 0 nitrogen and oxygen atoms in total. The SMILES string of the molecule is CCCc1ccc2cc(C#Cc3ccc(C4CCC(CCC)CC4)cc3)ccc2c1F. The van der Waals surface area contributed by atoms with Crippen LogP contribution in [0.3, 0.4) is 0 Å². The second kappa shape index (κ2) is 10.1. The average Bonchev–Trinajstić information content (AvgIpc) is 2.81. The summed E-state index contributed by atoms with van der Waals surface area (Å²) >= 11 is 0. The highest BCUT2D eigenvalue weighted by molar-refractivity contribution is 5.85. The number of benzene rings is 3. The van der Waals surface area contributed by atoms with E-state index < -0.39 is 0 Å². The number of rotatable bonds is 5. The fraction of sp³-hybridized carbons (Fsp3) is 0.400. The Balaban J connectivity index is 1.45. The smallest absolute Gasteiger partial charge is 0.134 e. The van der Waals surface area contributed by atoms with E-state index in [9.17, 15) is 4.39 Å². The van der Waals surface area contributed by atoms with Gasteiger partial charge in [0.25, 0.3) is 0 Å². The van der Waals surface area contributed by atoms with Crippen molar-refractivity contribution in [3.63, 3.8) is 0 Å². The van der Waals surface area contributed by atoms with Crippen LogP contribution in [0, 0.1) is 23.6 Å². The molecular formula is C30H33F. The molecular weight excluding hydrogens is 379 g/mol. The molecule has 1 aliphatic rings. The van der Waals surface area contributed by atoms with Crippen molar-refractivity contribution in [2.75, 3.05) is 0 Å². The fourth-order valence-corrected chi connectivity index (χ4v) is 5.05. The maximum atomic E-state index is 14.7. The van der Waals surface area contributed by atoms with Gasteiger partial charge in [0.2, 0.25) is 0 Å². The molecule has 0 saturated heterocycles. The van der Waals surface area contributed by atoms with Gasteiger partial charge in [-0.3, -0.25) is 0 Å². The Morgan fingerprint density at radius 3 is 2.23 bits per heavy atom. The molecule has 0 N–H and O–H groups in total.